The number of halogens is 2. The summed E-state index contributed by atoms with van der Waals surface area (Å²) < 4.78 is 26.7. The van der Waals surface area contributed by atoms with E-state index in [4.69, 9.17) is 0 Å². The third-order valence-electron chi connectivity index (χ3n) is 4.55. The standard InChI is InChI=1S/C19H20F2N2O/c20-17-8-7-15(18(21)11-17)6-5-14-3-2-10-23(13-14)19(24)16-4-1-9-22-12-16/h1,4,7-9,11-12,14H,2-3,5-6,10,13H2. The van der Waals surface area contributed by atoms with Crippen LogP contribution >= 0.6 is 0 Å². The van der Waals surface area contributed by atoms with Crippen LogP contribution in [0.15, 0.2) is 42.7 Å². The molecule has 2 aromatic rings. The van der Waals surface area contributed by atoms with Crippen molar-refractivity contribution in [3.8, 4) is 0 Å². The van der Waals surface area contributed by atoms with Crippen molar-refractivity contribution < 1.29 is 13.6 Å². The van der Waals surface area contributed by atoms with Crippen LogP contribution in [0.2, 0.25) is 0 Å². The Balaban J connectivity index is 1.58. The molecule has 1 atom stereocenters. The zero-order chi connectivity index (χ0) is 16.9. The van der Waals surface area contributed by atoms with E-state index in [1.165, 1.54) is 12.1 Å². The van der Waals surface area contributed by atoms with Gasteiger partial charge in [0.25, 0.3) is 5.91 Å². The first kappa shape index (κ1) is 16.6. The number of carbonyl (C=O) groups excluding carboxylic acids is 1. The lowest BCUT2D eigenvalue weighted by Gasteiger charge is -2.33. The lowest BCUT2D eigenvalue weighted by Crippen LogP contribution is -2.40. The highest BCUT2D eigenvalue weighted by atomic mass is 19.1. The molecule has 3 rings (SSSR count). The van der Waals surface area contributed by atoms with Crippen LogP contribution in [-0.4, -0.2) is 28.9 Å². The minimum Gasteiger partial charge on any atom is -0.338 e. The summed E-state index contributed by atoms with van der Waals surface area (Å²) in [6, 6.07) is 7.25. The fraction of sp³-hybridized carbons (Fsp3) is 0.368. The normalized spacial score (nSPS) is 17.8. The van der Waals surface area contributed by atoms with Crippen LogP contribution in [0.5, 0.6) is 0 Å². The molecule has 0 N–H and O–H groups in total. The van der Waals surface area contributed by atoms with E-state index in [1.807, 2.05) is 4.90 Å². The second kappa shape index (κ2) is 7.51. The van der Waals surface area contributed by atoms with E-state index in [9.17, 15) is 13.6 Å². The fourth-order valence-corrected chi connectivity index (χ4v) is 3.24. The molecule has 1 aromatic carbocycles. The van der Waals surface area contributed by atoms with Crippen molar-refractivity contribution in [1.29, 1.82) is 0 Å². The predicted molar refractivity (Wildman–Crippen MR) is 87.5 cm³/mol. The highest BCUT2D eigenvalue weighted by molar-refractivity contribution is 5.93. The van der Waals surface area contributed by atoms with Gasteiger partial charge in [-0.3, -0.25) is 9.78 Å². The molecule has 1 amide bonds. The average molecular weight is 330 g/mol. The Labute approximate surface area is 140 Å². The van der Waals surface area contributed by atoms with Gasteiger partial charge in [-0.25, -0.2) is 8.78 Å². The number of aromatic nitrogens is 1. The molecular weight excluding hydrogens is 310 g/mol. The predicted octanol–water partition coefficient (Wildman–Crippen LogP) is 3.84. The lowest BCUT2D eigenvalue weighted by molar-refractivity contribution is 0.0667. The zero-order valence-electron chi connectivity index (χ0n) is 13.4. The number of likely N-dealkylation sites (tertiary alicyclic amines) is 1. The molecular formula is C19H20F2N2O. The smallest absolute Gasteiger partial charge is 0.255 e. The van der Waals surface area contributed by atoms with E-state index < -0.39 is 11.6 Å². The maximum Gasteiger partial charge on any atom is 0.255 e. The van der Waals surface area contributed by atoms with Gasteiger partial charge in [0.05, 0.1) is 5.56 Å². The summed E-state index contributed by atoms with van der Waals surface area (Å²) >= 11 is 0. The SMILES string of the molecule is O=C(c1cccnc1)N1CCCC(CCc2ccc(F)cc2F)C1. The summed E-state index contributed by atoms with van der Waals surface area (Å²) in [4.78, 5) is 18.3. The van der Waals surface area contributed by atoms with E-state index in [0.717, 1.165) is 31.9 Å². The van der Waals surface area contributed by atoms with Crippen molar-refractivity contribution in [3.05, 3.63) is 65.5 Å². The van der Waals surface area contributed by atoms with E-state index in [-0.39, 0.29) is 5.91 Å². The molecule has 1 aliphatic heterocycles. The molecule has 1 aliphatic rings. The van der Waals surface area contributed by atoms with Gasteiger partial charge in [0.15, 0.2) is 0 Å². The fourth-order valence-electron chi connectivity index (χ4n) is 3.24. The number of carbonyl (C=O) groups is 1. The number of hydrogen-bond donors (Lipinski definition) is 0. The lowest BCUT2D eigenvalue weighted by atomic mass is 9.91. The van der Waals surface area contributed by atoms with Crippen molar-refractivity contribution in [3.63, 3.8) is 0 Å². The molecule has 3 nitrogen and oxygen atoms in total. The molecule has 2 heterocycles. The van der Waals surface area contributed by atoms with Crippen LogP contribution in [0, 0.1) is 17.6 Å². The Morgan fingerprint density at radius 1 is 1.29 bits per heavy atom. The number of aryl methyl sites for hydroxylation is 1. The number of nitrogens with zero attached hydrogens (tertiary/aromatic N) is 2. The molecule has 0 saturated carbocycles. The van der Waals surface area contributed by atoms with Crippen LogP contribution in [0.4, 0.5) is 8.78 Å². The first-order chi connectivity index (χ1) is 11.6. The highest BCUT2D eigenvalue weighted by Crippen LogP contribution is 2.23. The molecule has 1 unspecified atom stereocenters. The van der Waals surface area contributed by atoms with Gasteiger partial charge in [-0.05, 0) is 55.4 Å². The zero-order valence-corrected chi connectivity index (χ0v) is 13.4. The second-order valence-corrected chi connectivity index (χ2v) is 6.28. The first-order valence-electron chi connectivity index (χ1n) is 8.26. The Kier molecular flexibility index (Phi) is 5.18. The largest absolute Gasteiger partial charge is 0.338 e. The summed E-state index contributed by atoms with van der Waals surface area (Å²) in [5, 5.41) is 0. The molecule has 0 aliphatic carbocycles. The number of hydrogen-bond acceptors (Lipinski definition) is 2. The molecule has 0 spiro atoms. The van der Waals surface area contributed by atoms with Crippen LogP contribution in [0.3, 0.4) is 0 Å². The molecule has 5 heteroatoms. The molecule has 0 radical (unpaired) electrons. The maximum absolute atomic E-state index is 13.7. The van der Waals surface area contributed by atoms with Gasteiger partial charge < -0.3 is 4.90 Å². The van der Waals surface area contributed by atoms with Crippen molar-refractivity contribution in [1.82, 2.24) is 9.88 Å². The quantitative estimate of drug-likeness (QED) is 0.853. The number of rotatable bonds is 4. The van der Waals surface area contributed by atoms with Gasteiger partial charge in [-0.2, -0.15) is 0 Å². The van der Waals surface area contributed by atoms with E-state index in [1.54, 1.807) is 24.5 Å². The van der Waals surface area contributed by atoms with Gasteiger partial charge in [0.2, 0.25) is 0 Å². The Hall–Kier alpha value is -2.30. The van der Waals surface area contributed by atoms with Crippen LogP contribution in [0.1, 0.15) is 35.2 Å². The van der Waals surface area contributed by atoms with Crippen molar-refractivity contribution in [2.45, 2.75) is 25.7 Å². The van der Waals surface area contributed by atoms with Crippen LogP contribution < -0.4 is 0 Å². The topological polar surface area (TPSA) is 33.2 Å². The average Bonchev–Trinajstić information content (AvgIpc) is 2.61. The van der Waals surface area contributed by atoms with Crippen molar-refractivity contribution in [2.75, 3.05) is 13.1 Å². The summed E-state index contributed by atoms with van der Waals surface area (Å²) in [5.74, 6) is -0.708. The Morgan fingerprint density at radius 2 is 2.17 bits per heavy atom. The minimum absolute atomic E-state index is 0.000706. The Morgan fingerprint density at radius 3 is 2.92 bits per heavy atom. The summed E-state index contributed by atoms with van der Waals surface area (Å²) in [6.07, 6.45) is 6.56. The summed E-state index contributed by atoms with van der Waals surface area (Å²) in [5.41, 5.74) is 1.13. The Bertz CT molecular complexity index is 706. The van der Waals surface area contributed by atoms with E-state index in [2.05, 4.69) is 4.98 Å². The third kappa shape index (κ3) is 3.96. The van der Waals surface area contributed by atoms with E-state index >= 15 is 0 Å². The van der Waals surface area contributed by atoms with Crippen LogP contribution in [0.25, 0.3) is 0 Å². The minimum atomic E-state index is -0.554. The molecule has 126 valence electrons. The molecule has 24 heavy (non-hydrogen) atoms. The van der Waals surface area contributed by atoms with Crippen molar-refractivity contribution >= 4 is 5.91 Å². The summed E-state index contributed by atoms with van der Waals surface area (Å²) in [7, 11) is 0. The first-order valence-corrected chi connectivity index (χ1v) is 8.26. The van der Waals surface area contributed by atoms with E-state index in [0.29, 0.717) is 30.0 Å². The molecule has 0 bridgehead atoms. The van der Waals surface area contributed by atoms with Gasteiger partial charge >= 0.3 is 0 Å². The number of pyridine rings is 1. The van der Waals surface area contributed by atoms with Gasteiger partial charge in [0.1, 0.15) is 11.6 Å². The van der Waals surface area contributed by atoms with Gasteiger partial charge in [0, 0.05) is 31.5 Å². The van der Waals surface area contributed by atoms with Crippen LogP contribution in [-0.2, 0) is 6.42 Å². The third-order valence-corrected chi connectivity index (χ3v) is 4.55. The molecule has 1 aromatic heterocycles. The number of amides is 1. The maximum atomic E-state index is 13.7. The number of benzene rings is 1. The summed E-state index contributed by atoms with van der Waals surface area (Å²) in [6.45, 7) is 1.42. The molecule has 1 fully saturated rings. The van der Waals surface area contributed by atoms with Crippen molar-refractivity contribution in [2.24, 2.45) is 5.92 Å². The monoisotopic (exact) mass is 330 g/mol. The van der Waals surface area contributed by atoms with Gasteiger partial charge in [-0.1, -0.05) is 6.07 Å². The second-order valence-electron chi connectivity index (χ2n) is 6.28. The van der Waals surface area contributed by atoms with Gasteiger partial charge in [-0.15, -0.1) is 0 Å². The number of piperidine rings is 1. The highest BCUT2D eigenvalue weighted by Gasteiger charge is 2.24. The molecule has 1 saturated heterocycles.